The number of nitrogens with one attached hydrogen (secondary N) is 1. The van der Waals surface area contributed by atoms with Crippen molar-refractivity contribution in [1.29, 1.82) is 5.26 Å². The van der Waals surface area contributed by atoms with Gasteiger partial charge in [0, 0.05) is 12.7 Å². The Labute approximate surface area is 163 Å². The minimum atomic E-state index is -4.44. The zero-order valence-electron chi connectivity index (χ0n) is 15.0. The van der Waals surface area contributed by atoms with Crippen LogP contribution in [0, 0.1) is 17.1 Å². The van der Waals surface area contributed by atoms with Gasteiger partial charge in [0.25, 0.3) is 0 Å². The highest BCUT2D eigenvalue weighted by molar-refractivity contribution is 5.56. The molecule has 2 heterocycles. The number of alkyl halides is 3. The molecule has 0 saturated carbocycles. The normalized spacial score (nSPS) is 11.3. The van der Waals surface area contributed by atoms with Gasteiger partial charge in [-0.1, -0.05) is 0 Å². The van der Waals surface area contributed by atoms with E-state index >= 15 is 0 Å². The lowest BCUT2D eigenvalue weighted by molar-refractivity contribution is -0.137. The van der Waals surface area contributed by atoms with E-state index in [1.807, 2.05) is 6.07 Å². The van der Waals surface area contributed by atoms with Crippen LogP contribution in [0.1, 0.15) is 23.2 Å². The molecule has 0 spiro atoms. The maximum Gasteiger partial charge on any atom is 0.416 e. The fourth-order valence-corrected chi connectivity index (χ4v) is 2.73. The molecule has 10 heteroatoms. The van der Waals surface area contributed by atoms with E-state index in [0.29, 0.717) is 30.8 Å². The number of benzene rings is 1. The second-order valence-corrected chi connectivity index (χ2v) is 6.16. The summed E-state index contributed by atoms with van der Waals surface area (Å²) in [6, 6.07) is 9.34. The molecule has 6 nitrogen and oxygen atoms in total. The van der Waals surface area contributed by atoms with E-state index in [1.165, 1.54) is 28.9 Å². The number of halogens is 4. The summed E-state index contributed by atoms with van der Waals surface area (Å²) in [6.07, 6.45) is -2.50. The number of nitrogen functional groups attached to an aromatic ring is 1. The molecule has 3 N–H and O–H groups in total. The van der Waals surface area contributed by atoms with Crippen molar-refractivity contribution in [2.45, 2.75) is 19.0 Å². The Kier molecular flexibility index (Phi) is 5.68. The van der Waals surface area contributed by atoms with Gasteiger partial charge in [-0.05, 0) is 49.2 Å². The molecule has 2 aromatic heterocycles. The summed E-state index contributed by atoms with van der Waals surface area (Å²) in [4.78, 5) is 3.86. The van der Waals surface area contributed by atoms with Crippen LogP contribution < -0.4 is 11.1 Å². The monoisotopic (exact) mass is 404 g/mol. The quantitative estimate of drug-likeness (QED) is 0.480. The predicted octanol–water partition coefficient (Wildman–Crippen LogP) is 3.92. The molecule has 29 heavy (non-hydrogen) atoms. The number of hydrogen-bond donors (Lipinski definition) is 2. The number of rotatable bonds is 6. The first kappa shape index (κ1) is 20.1. The Morgan fingerprint density at radius 2 is 1.90 bits per heavy atom. The molecule has 0 aliphatic rings. The predicted molar refractivity (Wildman–Crippen MR) is 98.7 cm³/mol. The second-order valence-electron chi connectivity index (χ2n) is 6.16. The average Bonchev–Trinajstić information content (AvgIpc) is 3.01. The highest BCUT2D eigenvalue weighted by Crippen LogP contribution is 2.30. The van der Waals surface area contributed by atoms with Crippen molar-refractivity contribution in [3.05, 3.63) is 65.2 Å². The summed E-state index contributed by atoms with van der Waals surface area (Å²) in [5, 5.41) is 16.5. The second kappa shape index (κ2) is 8.18. The van der Waals surface area contributed by atoms with E-state index in [0.717, 1.165) is 18.3 Å². The van der Waals surface area contributed by atoms with Gasteiger partial charge < -0.3 is 11.1 Å². The van der Waals surface area contributed by atoms with Gasteiger partial charge in [-0.25, -0.2) is 14.1 Å². The van der Waals surface area contributed by atoms with Crippen molar-refractivity contribution in [3.63, 3.8) is 0 Å². The SMILES string of the molecule is N#Cc1c(CCCNc2cc(C(F)(F)F)ccn2)nn(-c2ccc(F)cc2)c1N. The maximum absolute atomic E-state index is 13.1. The molecule has 0 saturated heterocycles. The Hall–Kier alpha value is -3.61. The molecule has 3 rings (SSSR count). The van der Waals surface area contributed by atoms with E-state index in [9.17, 15) is 22.8 Å². The highest BCUT2D eigenvalue weighted by Gasteiger charge is 2.30. The molecule has 0 unspecified atom stereocenters. The Bertz CT molecular complexity index is 1030. The molecule has 0 bridgehead atoms. The largest absolute Gasteiger partial charge is 0.416 e. The molecular formula is C19H16F4N6. The molecule has 1 aromatic carbocycles. The average molecular weight is 404 g/mol. The number of nitriles is 1. The lowest BCUT2D eigenvalue weighted by Crippen LogP contribution is -2.09. The highest BCUT2D eigenvalue weighted by atomic mass is 19.4. The van der Waals surface area contributed by atoms with Gasteiger partial charge >= 0.3 is 6.18 Å². The number of anilines is 2. The first-order valence-electron chi connectivity index (χ1n) is 8.60. The first-order valence-corrected chi connectivity index (χ1v) is 8.60. The van der Waals surface area contributed by atoms with Crippen LogP contribution in [0.25, 0.3) is 5.69 Å². The summed E-state index contributed by atoms with van der Waals surface area (Å²) in [6.45, 7) is 0.322. The van der Waals surface area contributed by atoms with E-state index in [4.69, 9.17) is 5.73 Å². The van der Waals surface area contributed by atoms with Crippen LogP contribution in [-0.2, 0) is 12.6 Å². The van der Waals surface area contributed by atoms with Crippen LogP contribution in [0.2, 0.25) is 0 Å². The first-order chi connectivity index (χ1) is 13.8. The van der Waals surface area contributed by atoms with Crippen molar-refractivity contribution in [2.75, 3.05) is 17.6 Å². The van der Waals surface area contributed by atoms with Gasteiger partial charge in [-0.3, -0.25) is 0 Å². The fourth-order valence-electron chi connectivity index (χ4n) is 2.73. The number of pyridine rings is 1. The fraction of sp³-hybridized carbons (Fsp3) is 0.211. The maximum atomic E-state index is 13.1. The number of nitrogens with two attached hydrogens (primary N) is 1. The van der Waals surface area contributed by atoms with E-state index in [1.54, 1.807) is 0 Å². The molecular weight excluding hydrogens is 388 g/mol. The van der Waals surface area contributed by atoms with Gasteiger partial charge in [0.2, 0.25) is 0 Å². The molecule has 0 amide bonds. The van der Waals surface area contributed by atoms with Gasteiger partial charge in [0.1, 0.15) is 29.1 Å². The molecule has 0 aliphatic carbocycles. The van der Waals surface area contributed by atoms with E-state index < -0.39 is 17.6 Å². The Morgan fingerprint density at radius 3 is 2.55 bits per heavy atom. The van der Waals surface area contributed by atoms with Crippen LogP contribution in [0.5, 0.6) is 0 Å². The minimum absolute atomic E-state index is 0.108. The number of aryl methyl sites for hydroxylation is 1. The van der Waals surface area contributed by atoms with Crippen LogP contribution in [0.4, 0.5) is 29.2 Å². The molecule has 150 valence electrons. The standard InChI is InChI=1S/C19H16F4N6/c20-13-3-5-14(6-4-13)29-18(25)15(11-24)16(28-29)2-1-8-26-17-10-12(7-9-27-17)19(21,22)23/h3-7,9-10H,1-2,8,25H2,(H,26,27). The van der Waals surface area contributed by atoms with Gasteiger partial charge in [-0.2, -0.15) is 23.5 Å². The van der Waals surface area contributed by atoms with E-state index in [-0.39, 0.29) is 17.2 Å². The molecule has 0 fully saturated rings. The Balaban J connectivity index is 1.66. The van der Waals surface area contributed by atoms with Crippen LogP contribution in [0.3, 0.4) is 0 Å². The zero-order chi connectivity index (χ0) is 21.0. The van der Waals surface area contributed by atoms with Crippen molar-refractivity contribution in [3.8, 4) is 11.8 Å². The van der Waals surface area contributed by atoms with Crippen LogP contribution in [0.15, 0.2) is 42.6 Å². The smallest absolute Gasteiger partial charge is 0.382 e. The van der Waals surface area contributed by atoms with Crippen molar-refractivity contribution in [2.24, 2.45) is 0 Å². The number of aromatic nitrogens is 3. The molecule has 3 aromatic rings. The number of nitrogens with zero attached hydrogens (tertiary/aromatic N) is 4. The summed E-state index contributed by atoms with van der Waals surface area (Å²) < 4.78 is 52.7. The van der Waals surface area contributed by atoms with Crippen molar-refractivity contribution >= 4 is 11.6 Å². The van der Waals surface area contributed by atoms with Crippen molar-refractivity contribution in [1.82, 2.24) is 14.8 Å². The third-order valence-electron chi connectivity index (χ3n) is 4.16. The number of hydrogen-bond acceptors (Lipinski definition) is 5. The topological polar surface area (TPSA) is 92.5 Å². The summed E-state index contributed by atoms with van der Waals surface area (Å²) >= 11 is 0. The molecule has 0 atom stereocenters. The lowest BCUT2D eigenvalue weighted by atomic mass is 10.1. The van der Waals surface area contributed by atoms with E-state index in [2.05, 4.69) is 15.4 Å². The van der Waals surface area contributed by atoms with Crippen LogP contribution >= 0.6 is 0 Å². The molecule has 0 radical (unpaired) electrons. The third-order valence-corrected chi connectivity index (χ3v) is 4.16. The van der Waals surface area contributed by atoms with Crippen molar-refractivity contribution < 1.29 is 17.6 Å². The Morgan fingerprint density at radius 1 is 1.17 bits per heavy atom. The van der Waals surface area contributed by atoms with Gasteiger partial charge in [0.15, 0.2) is 0 Å². The minimum Gasteiger partial charge on any atom is -0.382 e. The third kappa shape index (κ3) is 4.63. The van der Waals surface area contributed by atoms with Crippen LogP contribution in [-0.4, -0.2) is 21.3 Å². The lowest BCUT2D eigenvalue weighted by Gasteiger charge is -2.09. The zero-order valence-corrected chi connectivity index (χ0v) is 15.0. The summed E-state index contributed by atoms with van der Waals surface area (Å²) in [7, 11) is 0. The summed E-state index contributed by atoms with van der Waals surface area (Å²) in [5.74, 6) is -0.159. The van der Waals surface area contributed by atoms with Gasteiger partial charge in [-0.15, -0.1) is 0 Å². The van der Waals surface area contributed by atoms with Gasteiger partial charge in [0.05, 0.1) is 16.9 Å². The molecule has 0 aliphatic heterocycles. The summed E-state index contributed by atoms with van der Waals surface area (Å²) in [5.41, 5.74) is 6.38.